The van der Waals surface area contributed by atoms with Crippen LogP contribution >= 0.6 is 0 Å². The van der Waals surface area contributed by atoms with Gasteiger partial charge in [0.05, 0.1) is 5.92 Å². The second-order valence-corrected chi connectivity index (χ2v) is 5.19. The van der Waals surface area contributed by atoms with E-state index < -0.39 is 29.6 Å². The molecule has 0 bridgehead atoms. The monoisotopic (exact) mass is 298 g/mol. The number of hydrogen-bond donors (Lipinski definition) is 2. The Bertz CT molecular complexity index is 559. The molecule has 1 aromatic carbocycles. The van der Waals surface area contributed by atoms with Gasteiger partial charge >= 0.3 is 12.0 Å². The number of carboxylic acids is 1. The third kappa shape index (κ3) is 3.48. The van der Waals surface area contributed by atoms with Gasteiger partial charge in [-0.2, -0.15) is 0 Å². The molecule has 114 valence electrons. The Labute approximate surface area is 120 Å². The molecule has 1 unspecified atom stereocenters. The third-order valence-corrected chi connectivity index (χ3v) is 3.73. The molecule has 1 fully saturated rings. The molecule has 2 amide bonds. The predicted octanol–water partition coefficient (Wildman–Crippen LogP) is 1.83. The van der Waals surface area contributed by atoms with E-state index in [0.29, 0.717) is 13.1 Å². The largest absolute Gasteiger partial charge is 0.481 e. The number of amides is 2. The number of likely N-dealkylation sites (tertiary alicyclic amines) is 1. The second-order valence-electron chi connectivity index (χ2n) is 5.19. The van der Waals surface area contributed by atoms with Gasteiger partial charge < -0.3 is 15.3 Å². The number of halogens is 2. The minimum Gasteiger partial charge on any atom is -0.481 e. The number of carbonyl (C=O) groups is 2. The first-order chi connectivity index (χ1) is 9.88. The van der Waals surface area contributed by atoms with E-state index in [0.717, 1.165) is 18.2 Å². The van der Waals surface area contributed by atoms with Crippen LogP contribution in [0, 0.1) is 23.5 Å². The molecule has 0 radical (unpaired) electrons. The molecular formula is C14H16F2N2O3. The molecule has 0 spiro atoms. The van der Waals surface area contributed by atoms with Crippen molar-refractivity contribution in [2.24, 2.45) is 11.8 Å². The highest BCUT2D eigenvalue weighted by Crippen LogP contribution is 2.24. The van der Waals surface area contributed by atoms with E-state index in [4.69, 9.17) is 5.11 Å². The number of nitrogens with one attached hydrogen (secondary N) is 1. The summed E-state index contributed by atoms with van der Waals surface area (Å²) in [7, 11) is 0. The first-order valence-corrected chi connectivity index (χ1v) is 6.58. The van der Waals surface area contributed by atoms with Crippen LogP contribution in [0.5, 0.6) is 0 Å². The maximum atomic E-state index is 13.4. The molecule has 0 aliphatic carbocycles. The van der Waals surface area contributed by atoms with Gasteiger partial charge in [-0.25, -0.2) is 13.6 Å². The Morgan fingerprint density at radius 1 is 1.43 bits per heavy atom. The fourth-order valence-electron chi connectivity index (χ4n) is 2.16. The first-order valence-electron chi connectivity index (χ1n) is 6.58. The van der Waals surface area contributed by atoms with Crippen LogP contribution in [0.25, 0.3) is 0 Å². The molecule has 0 saturated carbocycles. The van der Waals surface area contributed by atoms with Crippen molar-refractivity contribution in [2.75, 3.05) is 13.1 Å². The van der Waals surface area contributed by atoms with Crippen molar-refractivity contribution in [1.82, 2.24) is 10.2 Å². The van der Waals surface area contributed by atoms with E-state index in [1.807, 2.05) is 0 Å². The maximum absolute atomic E-state index is 13.4. The van der Waals surface area contributed by atoms with Crippen molar-refractivity contribution in [2.45, 2.75) is 13.5 Å². The van der Waals surface area contributed by atoms with Gasteiger partial charge in [0.2, 0.25) is 0 Å². The molecule has 5 nitrogen and oxygen atoms in total. The van der Waals surface area contributed by atoms with Gasteiger partial charge in [-0.05, 0) is 18.2 Å². The lowest BCUT2D eigenvalue weighted by Gasteiger charge is -2.41. The molecule has 0 aromatic heterocycles. The average Bonchev–Trinajstić information content (AvgIpc) is 2.37. The van der Waals surface area contributed by atoms with Crippen molar-refractivity contribution in [3.05, 3.63) is 35.4 Å². The van der Waals surface area contributed by atoms with Crippen LogP contribution in [0.4, 0.5) is 13.6 Å². The summed E-state index contributed by atoms with van der Waals surface area (Å²) < 4.78 is 26.4. The average molecular weight is 298 g/mol. The van der Waals surface area contributed by atoms with Crippen LogP contribution in [0.15, 0.2) is 18.2 Å². The van der Waals surface area contributed by atoms with Gasteiger partial charge in [-0.3, -0.25) is 4.79 Å². The highest BCUT2D eigenvalue weighted by atomic mass is 19.1. The number of nitrogens with zero attached hydrogens (tertiary/aromatic N) is 1. The highest BCUT2D eigenvalue weighted by molar-refractivity contribution is 5.76. The summed E-state index contributed by atoms with van der Waals surface area (Å²) in [4.78, 5) is 24.0. The summed E-state index contributed by atoms with van der Waals surface area (Å²) in [6.45, 7) is 2.19. The number of carbonyl (C=O) groups excluding carboxylic acids is 1. The molecule has 1 saturated heterocycles. The lowest BCUT2D eigenvalue weighted by Crippen LogP contribution is -2.56. The fourth-order valence-corrected chi connectivity index (χ4v) is 2.16. The minimum atomic E-state index is -0.887. The summed E-state index contributed by atoms with van der Waals surface area (Å²) in [6.07, 6.45) is 0. The fraction of sp³-hybridized carbons (Fsp3) is 0.429. The molecule has 7 heteroatoms. The Morgan fingerprint density at radius 3 is 2.71 bits per heavy atom. The van der Waals surface area contributed by atoms with E-state index >= 15 is 0 Å². The summed E-state index contributed by atoms with van der Waals surface area (Å²) in [6, 6.07) is 2.63. The van der Waals surface area contributed by atoms with E-state index in [1.165, 1.54) is 4.90 Å². The predicted molar refractivity (Wildman–Crippen MR) is 70.5 cm³/mol. The maximum Gasteiger partial charge on any atom is 0.317 e. The Balaban J connectivity index is 1.82. The van der Waals surface area contributed by atoms with Gasteiger partial charge in [-0.15, -0.1) is 0 Å². The molecule has 2 N–H and O–H groups in total. The van der Waals surface area contributed by atoms with Crippen LogP contribution in [0.3, 0.4) is 0 Å². The molecule has 1 atom stereocenters. The summed E-state index contributed by atoms with van der Waals surface area (Å²) in [5.41, 5.74) is 0.0688. The Morgan fingerprint density at radius 2 is 2.10 bits per heavy atom. The summed E-state index contributed by atoms with van der Waals surface area (Å²) in [5, 5.41) is 11.3. The molecule has 1 heterocycles. The lowest BCUT2D eigenvalue weighted by molar-refractivity contribution is -0.144. The molecule has 2 rings (SSSR count). The highest BCUT2D eigenvalue weighted by Gasteiger charge is 2.37. The first kappa shape index (κ1) is 15.2. The summed E-state index contributed by atoms with van der Waals surface area (Å²) in [5.74, 6) is -2.62. The van der Waals surface area contributed by atoms with Crippen molar-refractivity contribution in [1.29, 1.82) is 0 Å². The van der Waals surface area contributed by atoms with Crippen molar-refractivity contribution in [3.63, 3.8) is 0 Å². The third-order valence-electron chi connectivity index (χ3n) is 3.73. The van der Waals surface area contributed by atoms with Crippen molar-refractivity contribution < 1.29 is 23.5 Å². The number of benzene rings is 1. The van der Waals surface area contributed by atoms with Crippen LogP contribution in [-0.2, 0) is 11.3 Å². The van der Waals surface area contributed by atoms with E-state index in [-0.39, 0.29) is 18.0 Å². The quantitative estimate of drug-likeness (QED) is 0.891. The zero-order chi connectivity index (χ0) is 15.6. The molecule has 1 aliphatic heterocycles. The van der Waals surface area contributed by atoms with Crippen molar-refractivity contribution in [3.8, 4) is 0 Å². The normalized spacial score (nSPS) is 16.2. The van der Waals surface area contributed by atoms with E-state index in [2.05, 4.69) is 5.32 Å². The zero-order valence-corrected chi connectivity index (χ0v) is 11.5. The Hall–Kier alpha value is -2.18. The number of carboxylic acid groups (broad SMARTS) is 1. The van der Waals surface area contributed by atoms with E-state index in [9.17, 15) is 18.4 Å². The van der Waals surface area contributed by atoms with Crippen LogP contribution in [-0.4, -0.2) is 35.1 Å². The van der Waals surface area contributed by atoms with E-state index in [1.54, 1.807) is 6.92 Å². The number of aliphatic carboxylic acids is 1. The minimum absolute atomic E-state index is 0.0688. The van der Waals surface area contributed by atoms with Gasteiger partial charge in [0, 0.05) is 31.1 Å². The topological polar surface area (TPSA) is 69.6 Å². The van der Waals surface area contributed by atoms with Gasteiger partial charge in [-0.1, -0.05) is 6.92 Å². The van der Waals surface area contributed by atoms with Crippen molar-refractivity contribution >= 4 is 12.0 Å². The smallest absolute Gasteiger partial charge is 0.317 e. The van der Waals surface area contributed by atoms with Crippen LogP contribution < -0.4 is 5.32 Å². The van der Waals surface area contributed by atoms with Gasteiger partial charge in [0.25, 0.3) is 0 Å². The van der Waals surface area contributed by atoms with Gasteiger partial charge in [0.1, 0.15) is 11.6 Å². The number of rotatable bonds is 4. The SMILES string of the molecule is CC(C(=O)O)C1CN(C(=O)NCc2cc(F)ccc2F)C1. The standard InChI is InChI=1S/C14H16F2N2O3/c1-8(13(19)20)10-6-18(7-10)14(21)17-5-9-4-11(15)2-3-12(9)16/h2-4,8,10H,5-7H2,1H3,(H,17,21)(H,19,20). The molecular weight excluding hydrogens is 282 g/mol. The van der Waals surface area contributed by atoms with Gasteiger partial charge in [0.15, 0.2) is 0 Å². The number of hydrogen-bond acceptors (Lipinski definition) is 2. The zero-order valence-electron chi connectivity index (χ0n) is 11.5. The molecule has 1 aromatic rings. The Kier molecular flexibility index (Phi) is 4.40. The van der Waals surface area contributed by atoms with Crippen LogP contribution in [0.2, 0.25) is 0 Å². The number of urea groups is 1. The molecule has 21 heavy (non-hydrogen) atoms. The lowest BCUT2D eigenvalue weighted by atomic mass is 9.87. The van der Waals surface area contributed by atoms with Crippen LogP contribution in [0.1, 0.15) is 12.5 Å². The second kappa shape index (κ2) is 6.07. The summed E-state index contributed by atoms with van der Waals surface area (Å²) >= 11 is 0. The molecule has 1 aliphatic rings.